The molecule has 1 N–H and O–H groups in total. The predicted octanol–water partition coefficient (Wildman–Crippen LogP) is 23.0. The van der Waals surface area contributed by atoms with Gasteiger partial charge >= 0.3 is 0 Å². The van der Waals surface area contributed by atoms with Crippen molar-refractivity contribution in [3.8, 4) is 28.5 Å². The zero-order valence-corrected chi connectivity index (χ0v) is 49.9. The summed E-state index contributed by atoms with van der Waals surface area (Å²) in [6.45, 7) is 0. The minimum Gasteiger partial charge on any atom is -0.353 e. The molecule has 0 atom stereocenters. The van der Waals surface area contributed by atoms with E-state index in [0.717, 1.165) is 66.0 Å². The van der Waals surface area contributed by atoms with Gasteiger partial charge in [0.15, 0.2) is 0 Å². The zero-order valence-electron chi connectivity index (χ0n) is 47.5. The molecule has 20 rings (SSSR count). The van der Waals surface area contributed by atoms with E-state index in [9.17, 15) is 0 Å². The van der Waals surface area contributed by atoms with Gasteiger partial charge in [-0.1, -0.05) is 243 Å². The average Bonchev–Trinajstić information content (AvgIpc) is 1.61. The van der Waals surface area contributed by atoms with Crippen molar-refractivity contribution in [2.24, 2.45) is 0 Å². The van der Waals surface area contributed by atoms with Crippen molar-refractivity contribution in [2.45, 2.75) is 0 Å². The molecule has 20 aromatic rings. The summed E-state index contributed by atoms with van der Waals surface area (Å²) in [7, 11) is 0. The van der Waals surface area contributed by atoms with Crippen LogP contribution in [0.15, 0.2) is 279 Å². The molecule has 0 aliphatic carbocycles. The first-order valence-electron chi connectivity index (χ1n) is 29.7. The Morgan fingerprint density at radius 2 is 0.753 bits per heavy atom. The number of H-pyrrole nitrogens is 1. The van der Waals surface area contributed by atoms with E-state index < -0.39 is 0 Å². The summed E-state index contributed by atoms with van der Waals surface area (Å²) in [6, 6.07) is 98.3. The lowest BCUT2D eigenvalue weighted by atomic mass is 9.99. The van der Waals surface area contributed by atoms with Crippen LogP contribution in [0.25, 0.3) is 177 Å². The SMILES string of the molecule is Clc1nc(-c2ccccc2)c2ccc3ccccc3c2n1.c1ccc(-c2nc(-n3c4ccccc4c4c5ccccc5c5c6ccccc6sc5c43)nc3c2ccc2ccccc23)cc1.c1ccc2c(c1)[nH]c1c3sc4ccccc4c3c3ccccc3c21. The molecule has 0 aliphatic rings. The van der Waals surface area contributed by atoms with Crippen molar-refractivity contribution < 1.29 is 0 Å². The lowest BCUT2D eigenvalue weighted by Crippen LogP contribution is -2.04. The van der Waals surface area contributed by atoms with Crippen molar-refractivity contribution in [2.75, 3.05) is 0 Å². The largest absolute Gasteiger partial charge is 0.353 e. The maximum absolute atomic E-state index is 6.15. The Labute approximate surface area is 521 Å². The number of halogens is 1. The molecule has 6 nitrogen and oxygen atoms in total. The standard InChI is InChI=1S/C40H23N3S.C22H13NS.C18H11ClN2/c1-2-13-25(14-3-1)36-31-23-22-24-12-4-5-15-26(24)37(31)42-40(41-36)43-32-20-10-8-18-29(32)34-27-16-6-7-17-28(27)35-30-19-9-11-21-33(30)44-39(35)38(34)43;1-2-8-14-13(7-1)19-15-9-3-5-11-17(15)23-21(19)22-20(14)16-10-4-6-12-18(16)24-22;19-18-20-16(13-7-2-1-3-8-13)15-11-10-12-6-4-5-9-14(12)17(15)21-18/h1-23H;1-12,23H;1-11H. The highest BCUT2D eigenvalue weighted by atomic mass is 35.5. The number of thiophene rings is 2. The Bertz CT molecular complexity index is 6160. The third-order valence-electron chi connectivity index (χ3n) is 17.6. The third kappa shape index (κ3) is 8.15. The van der Waals surface area contributed by atoms with Crippen molar-refractivity contribution in [3.05, 3.63) is 284 Å². The van der Waals surface area contributed by atoms with Gasteiger partial charge in [0.25, 0.3) is 0 Å². The molecule has 6 aromatic heterocycles. The van der Waals surface area contributed by atoms with Gasteiger partial charge in [0.1, 0.15) is 0 Å². The summed E-state index contributed by atoms with van der Waals surface area (Å²) in [6.07, 6.45) is 0. The van der Waals surface area contributed by atoms with Crippen molar-refractivity contribution in [1.82, 2.24) is 29.5 Å². The fourth-order valence-corrected chi connectivity index (χ4v) is 16.4. The number of aromatic amines is 1. The van der Waals surface area contributed by atoms with Crippen LogP contribution in [0.2, 0.25) is 5.28 Å². The summed E-state index contributed by atoms with van der Waals surface area (Å²) in [4.78, 5) is 23.4. The van der Waals surface area contributed by atoms with E-state index in [1.807, 2.05) is 65.1 Å². The van der Waals surface area contributed by atoms with Gasteiger partial charge in [-0.25, -0.2) is 19.9 Å². The highest BCUT2D eigenvalue weighted by molar-refractivity contribution is 7.27. The number of aromatic nitrogens is 6. The number of hydrogen-bond acceptors (Lipinski definition) is 6. The van der Waals surface area contributed by atoms with E-state index in [1.54, 1.807) is 0 Å². The first kappa shape index (κ1) is 51.4. The molecule has 6 heterocycles. The van der Waals surface area contributed by atoms with Crippen molar-refractivity contribution in [1.29, 1.82) is 0 Å². The number of benzene rings is 14. The highest BCUT2D eigenvalue weighted by Gasteiger charge is 2.25. The van der Waals surface area contributed by atoms with Crippen LogP contribution >= 0.6 is 34.3 Å². The van der Waals surface area contributed by atoms with Gasteiger partial charge < -0.3 is 4.98 Å². The molecule has 0 aliphatic heterocycles. The highest BCUT2D eigenvalue weighted by Crippen LogP contribution is 2.49. The van der Waals surface area contributed by atoms with E-state index in [-0.39, 0.29) is 5.28 Å². The van der Waals surface area contributed by atoms with E-state index in [0.29, 0.717) is 5.95 Å². The number of fused-ring (bicyclic) bond motifs is 26. The minimum atomic E-state index is 0.276. The van der Waals surface area contributed by atoms with E-state index in [4.69, 9.17) is 21.6 Å². The fraction of sp³-hybridized carbons (Fsp3) is 0. The summed E-state index contributed by atoms with van der Waals surface area (Å²) < 4.78 is 7.58. The molecule has 0 spiro atoms. The minimum absolute atomic E-state index is 0.276. The van der Waals surface area contributed by atoms with Gasteiger partial charge in [-0.3, -0.25) is 4.57 Å². The van der Waals surface area contributed by atoms with Gasteiger partial charge in [0.2, 0.25) is 11.2 Å². The summed E-state index contributed by atoms with van der Waals surface area (Å²) in [5.41, 5.74) is 10.5. The van der Waals surface area contributed by atoms with Crippen LogP contribution in [0.5, 0.6) is 0 Å². The summed E-state index contributed by atoms with van der Waals surface area (Å²) >= 11 is 9.90. The first-order chi connectivity index (χ1) is 44.1. The van der Waals surface area contributed by atoms with Crippen LogP contribution in [-0.2, 0) is 0 Å². The number of nitrogens with zero attached hydrogens (tertiary/aromatic N) is 5. The number of rotatable bonds is 3. The van der Waals surface area contributed by atoms with E-state index >= 15 is 0 Å². The first-order valence-corrected chi connectivity index (χ1v) is 31.7. The summed E-state index contributed by atoms with van der Waals surface area (Å²) in [5, 5.41) is 22.5. The number of hydrogen-bond donors (Lipinski definition) is 1. The number of para-hydroxylation sites is 2. The maximum atomic E-state index is 6.15. The van der Waals surface area contributed by atoms with Crippen LogP contribution in [0.3, 0.4) is 0 Å². The molecule has 0 saturated heterocycles. The van der Waals surface area contributed by atoms with Crippen LogP contribution in [0, 0.1) is 0 Å². The van der Waals surface area contributed by atoms with Crippen molar-refractivity contribution >= 4 is 183 Å². The lowest BCUT2D eigenvalue weighted by Gasteiger charge is -2.14. The normalized spacial score (nSPS) is 11.9. The smallest absolute Gasteiger partial charge is 0.235 e. The Hall–Kier alpha value is -10.9. The molecular formula is C80H47ClN6S2. The van der Waals surface area contributed by atoms with Gasteiger partial charge in [0.05, 0.1) is 48.4 Å². The Kier molecular flexibility index (Phi) is 11.9. The second-order valence-electron chi connectivity index (χ2n) is 22.5. The van der Waals surface area contributed by atoms with Crippen LogP contribution in [0.1, 0.15) is 0 Å². The molecule has 0 unspecified atom stereocenters. The average molecular weight is 1190 g/mol. The summed E-state index contributed by atoms with van der Waals surface area (Å²) in [5.74, 6) is 0.688. The molecular weight excluding hydrogens is 1140 g/mol. The van der Waals surface area contributed by atoms with Gasteiger partial charge in [-0.05, 0) is 80.3 Å². The number of nitrogens with one attached hydrogen (secondary N) is 1. The third-order valence-corrected chi connectivity index (χ3v) is 20.1. The van der Waals surface area contributed by atoms with Gasteiger partial charge in [-0.2, -0.15) is 0 Å². The molecule has 0 radical (unpaired) electrons. The van der Waals surface area contributed by atoms with Crippen LogP contribution < -0.4 is 0 Å². The Balaban J connectivity index is 0.000000110. The quantitative estimate of drug-likeness (QED) is 0.141. The topological polar surface area (TPSA) is 72.3 Å². The second kappa shape index (κ2) is 20.7. The van der Waals surface area contributed by atoms with E-state index in [1.165, 1.54) is 105 Å². The molecule has 0 fully saturated rings. The van der Waals surface area contributed by atoms with Gasteiger partial charge in [0, 0.05) is 90.7 Å². The predicted molar refractivity (Wildman–Crippen MR) is 381 cm³/mol. The van der Waals surface area contributed by atoms with Crippen LogP contribution in [-0.4, -0.2) is 29.5 Å². The maximum Gasteiger partial charge on any atom is 0.235 e. The Morgan fingerprint density at radius 1 is 0.315 bits per heavy atom. The fourth-order valence-electron chi connectivity index (χ4n) is 13.8. The molecule has 89 heavy (non-hydrogen) atoms. The monoisotopic (exact) mass is 1190 g/mol. The molecule has 14 aromatic carbocycles. The molecule has 0 bridgehead atoms. The van der Waals surface area contributed by atoms with Gasteiger partial charge in [-0.15, -0.1) is 22.7 Å². The van der Waals surface area contributed by atoms with Crippen molar-refractivity contribution in [3.63, 3.8) is 0 Å². The Morgan fingerprint density at radius 3 is 1.36 bits per heavy atom. The van der Waals surface area contributed by atoms with Crippen LogP contribution in [0.4, 0.5) is 0 Å². The second-order valence-corrected chi connectivity index (χ2v) is 24.9. The molecule has 0 amide bonds. The zero-order chi connectivity index (χ0) is 58.7. The molecule has 9 heteroatoms. The van der Waals surface area contributed by atoms with E-state index in [2.05, 4.69) is 256 Å². The molecule has 416 valence electrons. The molecule has 0 saturated carbocycles. The lowest BCUT2D eigenvalue weighted by molar-refractivity contribution is 1.02.